The Labute approximate surface area is 135 Å². The first-order valence-electron chi connectivity index (χ1n) is 6.69. The van der Waals surface area contributed by atoms with Crippen molar-refractivity contribution in [1.82, 2.24) is 9.88 Å². The Kier molecular flexibility index (Phi) is 2.73. The van der Waals surface area contributed by atoms with Gasteiger partial charge in [-0.15, -0.1) is 8.78 Å². The first kappa shape index (κ1) is 15.1. The number of pyridine rings is 1. The third kappa shape index (κ3) is 2.05. The van der Waals surface area contributed by atoms with E-state index in [1.807, 2.05) is 5.32 Å². The molecule has 11 heteroatoms. The van der Waals surface area contributed by atoms with Crippen molar-refractivity contribution in [3.8, 4) is 17.2 Å². The van der Waals surface area contributed by atoms with E-state index in [4.69, 9.17) is 5.73 Å². The van der Waals surface area contributed by atoms with E-state index >= 15 is 0 Å². The molecule has 0 saturated carbocycles. The Morgan fingerprint density at radius 1 is 1.04 bits per heavy atom. The number of amides is 2. The van der Waals surface area contributed by atoms with E-state index < -0.39 is 52.5 Å². The molecule has 25 heavy (non-hydrogen) atoms. The quantitative estimate of drug-likeness (QED) is 0.732. The number of hydrogen-bond acceptors (Lipinski definition) is 6. The smallest absolute Gasteiger partial charge is 0.395 e. The first-order valence-corrected chi connectivity index (χ1v) is 6.69. The number of ether oxygens (including phenoxy) is 2. The number of nitrogens with two attached hydrogens (primary N) is 1. The molecule has 0 bridgehead atoms. The highest BCUT2D eigenvalue weighted by molar-refractivity contribution is 6.23. The van der Waals surface area contributed by atoms with Gasteiger partial charge in [0, 0.05) is 18.2 Å². The van der Waals surface area contributed by atoms with E-state index in [0.29, 0.717) is 10.6 Å². The Hall–Kier alpha value is -3.50. The van der Waals surface area contributed by atoms with Crippen molar-refractivity contribution in [2.45, 2.75) is 6.29 Å². The number of imide groups is 1. The van der Waals surface area contributed by atoms with Gasteiger partial charge in [-0.05, 0) is 0 Å². The van der Waals surface area contributed by atoms with Crippen LogP contribution in [0.25, 0.3) is 5.69 Å². The molecule has 0 unspecified atom stereocenters. The van der Waals surface area contributed by atoms with Crippen LogP contribution in [0.1, 0.15) is 20.7 Å². The number of benzene rings is 1. The second kappa shape index (κ2) is 4.53. The molecule has 0 radical (unpaired) electrons. The highest BCUT2D eigenvalue weighted by Gasteiger charge is 2.44. The van der Waals surface area contributed by atoms with E-state index in [0.717, 1.165) is 12.1 Å². The lowest BCUT2D eigenvalue weighted by atomic mass is 10.1. The van der Waals surface area contributed by atoms with Crippen molar-refractivity contribution in [1.29, 1.82) is 0 Å². The number of nitrogen functional groups attached to an aromatic ring is 1. The summed E-state index contributed by atoms with van der Waals surface area (Å²) in [4.78, 5) is 35.6. The second-order valence-electron chi connectivity index (χ2n) is 5.19. The summed E-state index contributed by atoms with van der Waals surface area (Å²) in [5.41, 5.74) is 3.70. The standard InChI is InChI=1S/C14H6F3N3O5/c15-5-2-7-8(25-14(16,17)24-7)3-6(5)20-9(21)1-4-10(11(20)18)13(23)19-12(4)22/h1-3H,18H2,(H,19,22,23). The zero-order chi connectivity index (χ0) is 18.1. The average Bonchev–Trinajstić information content (AvgIpc) is 2.93. The van der Waals surface area contributed by atoms with E-state index in [2.05, 4.69) is 9.47 Å². The molecule has 1 aromatic carbocycles. The van der Waals surface area contributed by atoms with E-state index in [1.165, 1.54) is 0 Å². The van der Waals surface area contributed by atoms with Gasteiger partial charge in [-0.1, -0.05) is 0 Å². The topological polar surface area (TPSA) is 113 Å². The zero-order valence-electron chi connectivity index (χ0n) is 11.9. The number of alkyl halides is 2. The van der Waals surface area contributed by atoms with Crippen LogP contribution >= 0.6 is 0 Å². The van der Waals surface area contributed by atoms with Gasteiger partial charge in [0.1, 0.15) is 5.82 Å². The number of anilines is 1. The average molecular weight is 353 g/mol. The molecular formula is C14H6F3N3O5. The number of fused-ring (bicyclic) bond motifs is 2. The molecule has 0 saturated heterocycles. The van der Waals surface area contributed by atoms with Crippen molar-refractivity contribution >= 4 is 17.6 Å². The van der Waals surface area contributed by atoms with Gasteiger partial charge in [0.05, 0.1) is 16.8 Å². The van der Waals surface area contributed by atoms with Gasteiger partial charge in [-0.3, -0.25) is 24.3 Å². The van der Waals surface area contributed by atoms with Gasteiger partial charge in [0.2, 0.25) is 0 Å². The van der Waals surface area contributed by atoms with Gasteiger partial charge >= 0.3 is 6.29 Å². The van der Waals surface area contributed by atoms with Crippen LogP contribution in [0.3, 0.4) is 0 Å². The Morgan fingerprint density at radius 2 is 1.68 bits per heavy atom. The van der Waals surface area contributed by atoms with Gasteiger partial charge < -0.3 is 15.2 Å². The zero-order valence-corrected chi connectivity index (χ0v) is 11.9. The van der Waals surface area contributed by atoms with E-state index in [-0.39, 0.29) is 11.1 Å². The number of nitrogens with one attached hydrogen (secondary N) is 1. The molecule has 4 rings (SSSR count). The molecule has 0 aliphatic carbocycles. The van der Waals surface area contributed by atoms with Crippen LogP contribution in [0, 0.1) is 5.82 Å². The molecule has 1 aromatic heterocycles. The van der Waals surface area contributed by atoms with Crippen molar-refractivity contribution in [3.05, 3.63) is 45.5 Å². The summed E-state index contributed by atoms with van der Waals surface area (Å²) in [6, 6.07) is 2.17. The molecule has 128 valence electrons. The third-order valence-corrected chi connectivity index (χ3v) is 3.66. The lowest BCUT2D eigenvalue weighted by Crippen LogP contribution is -2.26. The number of halogens is 3. The minimum Gasteiger partial charge on any atom is -0.395 e. The number of nitrogens with zero attached hydrogens (tertiary/aromatic N) is 1. The minimum atomic E-state index is -3.98. The number of aromatic nitrogens is 1. The molecule has 2 amide bonds. The lowest BCUT2D eigenvalue weighted by molar-refractivity contribution is -0.286. The largest absolute Gasteiger partial charge is 0.586 e. The summed E-state index contributed by atoms with van der Waals surface area (Å²) in [5, 5.41) is 1.95. The molecule has 2 aromatic rings. The fourth-order valence-electron chi connectivity index (χ4n) is 2.66. The van der Waals surface area contributed by atoms with Crippen molar-refractivity contribution in [2.75, 3.05) is 5.73 Å². The summed E-state index contributed by atoms with van der Waals surface area (Å²) in [6.07, 6.45) is -3.98. The SMILES string of the molecule is Nc1c2c(cc(=O)n1-c1cc3c(cc1F)OC(F)(F)O3)C(=O)NC2=O. The predicted molar refractivity (Wildman–Crippen MR) is 74.4 cm³/mol. The summed E-state index contributed by atoms with van der Waals surface area (Å²) in [5.74, 6) is -4.41. The lowest BCUT2D eigenvalue weighted by Gasteiger charge is -2.13. The Bertz CT molecular complexity index is 1050. The molecular weight excluding hydrogens is 347 g/mol. The number of carbonyl (C=O) groups excluding carboxylic acids is 2. The third-order valence-electron chi connectivity index (χ3n) is 3.66. The monoisotopic (exact) mass is 353 g/mol. The molecule has 0 atom stereocenters. The molecule has 0 spiro atoms. The highest BCUT2D eigenvalue weighted by atomic mass is 19.3. The molecule has 2 aliphatic rings. The van der Waals surface area contributed by atoms with Gasteiger partial charge in [-0.2, -0.15) is 0 Å². The first-order chi connectivity index (χ1) is 11.7. The summed E-state index contributed by atoms with van der Waals surface area (Å²) in [6.45, 7) is 0. The van der Waals surface area contributed by atoms with E-state index in [9.17, 15) is 27.6 Å². The minimum absolute atomic E-state index is 0.253. The molecule has 3 heterocycles. The van der Waals surface area contributed by atoms with Crippen LogP contribution in [0.4, 0.5) is 19.0 Å². The van der Waals surface area contributed by atoms with Crippen molar-refractivity contribution < 1.29 is 32.2 Å². The van der Waals surface area contributed by atoms with Crippen molar-refractivity contribution in [2.24, 2.45) is 0 Å². The van der Waals surface area contributed by atoms with Crippen LogP contribution in [-0.2, 0) is 0 Å². The van der Waals surface area contributed by atoms with Gasteiger partial charge in [0.25, 0.3) is 17.4 Å². The maximum absolute atomic E-state index is 14.3. The number of hydrogen-bond donors (Lipinski definition) is 2. The van der Waals surface area contributed by atoms with Crippen molar-refractivity contribution in [3.63, 3.8) is 0 Å². The number of rotatable bonds is 1. The van der Waals surface area contributed by atoms with Gasteiger partial charge in [-0.25, -0.2) is 4.39 Å². The highest BCUT2D eigenvalue weighted by Crippen LogP contribution is 2.43. The van der Waals surface area contributed by atoms with E-state index in [1.54, 1.807) is 0 Å². The fourth-order valence-corrected chi connectivity index (χ4v) is 2.66. The van der Waals surface area contributed by atoms with Crippen LogP contribution in [0.2, 0.25) is 0 Å². The summed E-state index contributed by atoms with van der Waals surface area (Å²) >= 11 is 0. The van der Waals surface area contributed by atoms with Crippen LogP contribution in [0.5, 0.6) is 11.5 Å². The van der Waals surface area contributed by atoms with Crippen LogP contribution < -0.4 is 26.1 Å². The van der Waals surface area contributed by atoms with Crippen LogP contribution in [0.15, 0.2) is 23.0 Å². The fraction of sp³-hybridized carbons (Fsp3) is 0.0714. The summed E-state index contributed by atoms with van der Waals surface area (Å²) in [7, 11) is 0. The normalized spacial score (nSPS) is 16.8. The predicted octanol–water partition coefficient (Wildman–Crippen LogP) is 0.764. The Balaban J connectivity index is 1.96. The number of carbonyl (C=O) groups is 2. The maximum Gasteiger partial charge on any atom is 0.586 e. The van der Waals surface area contributed by atoms with Gasteiger partial charge in [0.15, 0.2) is 17.3 Å². The molecule has 2 aliphatic heterocycles. The molecule has 8 nitrogen and oxygen atoms in total. The maximum atomic E-state index is 14.3. The van der Waals surface area contributed by atoms with Crippen LogP contribution in [-0.4, -0.2) is 22.7 Å². The molecule has 0 fully saturated rings. The Morgan fingerprint density at radius 3 is 2.36 bits per heavy atom. The molecule has 3 N–H and O–H groups in total. The summed E-state index contributed by atoms with van der Waals surface area (Å²) < 4.78 is 49.4. The second-order valence-corrected chi connectivity index (χ2v) is 5.19.